The molecule has 10 heavy (non-hydrogen) atoms. The fourth-order valence-corrected chi connectivity index (χ4v) is 0.619. The zero-order valence-corrected chi connectivity index (χ0v) is 5.88. The van der Waals surface area contributed by atoms with Crippen molar-refractivity contribution in [3.63, 3.8) is 0 Å². The minimum atomic E-state index is -0.705. The molecular formula is C7H12NO2. The maximum absolute atomic E-state index is 10.0. The summed E-state index contributed by atoms with van der Waals surface area (Å²) in [5.74, 6) is 0. The summed E-state index contributed by atoms with van der Waals surface area (Å²) < 4.78 is 0. The Morgan fingerprint density at radius 3 is 1.90 bits per heavy atom. The topological polar surface area (TPSA) is 60.2 Å². The summed E-state index contributed by atoms with van der Waals surface area (Å²) in [6.07, 6.45) is 2.25. The first-order valence-corrected chi connectivity index (χ1v) is 3.14. The normalized spacial score (nSPS) is 11.0. The van der Waals surface area contributed by atoms with E-state index in [-0.39, 0.29) is 12.8 Å². The average Bonchev–Trinajstić information content (AvgIpc) is 1.89. The average molecular weight is 142 g/mol. The zero-order valence-electron chi connectivity index (χ0n) is 5.88. The molecule has 0 aliphatic carbocycles. The highest BCUT2D eigenvalue weighted by Gasteiger charge is 2.20. The Morgan fingerprint density at radius 1 is 1.30 bits per heavy atom. The third kappa shape index (κ3) is 2.73. The Morgan fingerprint density at radius 2 is 1.70 bits per heavy atom. The van der Waals surface area contributed by atoms with E-state index >= 15 is 0 Å². The molecule has 0 heterocycles. The van der Waals surface area contributed by atoms with Crippen molar-refractivity contribution in [1.29, 1.82) is 0 Å². The van der Waals surface area contributed by atoms with Crippen molar-refractivity contribution in [3.8, 4) is 0 Å². The van der Waals surface area contributed by atoms with Crippen molar-refractivity contribution >= 4 is 12.6 Å². The van der Waals surface area contributed by atoms with Gasteiger partial charge in [0.2, 0.25) is 0 Å². The van der Waals surface area contributed by atoms with Gasteiger partial charge in [-0.15, -0.1) is 0 Å². The number of hydrogen-bond acceptors (Lipinski definition) is 3. The number of rotatable bonds is 5. The van der Waals surface area contributed by atoms with Gasteiger partial charge in [0.25, 0.3) is 0 Å². The molecule has 3 heteroatoms. The van der Waals surface area contributed by atoms with E-state index in [2.05, 4.69) is 6.92 Å². The van der Waals surface area contributed by atoms with Crippen LogP contribution in [0.4, 0.5) is 0 Å². The van der Waals surface area contributed by atoms with Crippen LogP contribution in [0.2, 0.25) is 0 Å². The quantitative estimate of drug-likeness (QED) is 0.553. The van der Waals surface area contributed by atoms with Crippen LogP contribution in [0.5, 0.6) is 0 Å². The van der Waals surface area contributed by atoms with E-state index in [1.165, 1.54) is 0 Å². The smallest absolute Gasteiger partial charge is 0.121 e. The van der Waals surface area contributed by atoms with Gasteiger partial charge >= 0.3 is 0 Å². The lowest BCUT2D eigenvalue weighted by atomic mass is 9.91. The lowest BCUT2D eigenvalue weighted by Gasteiger charge is -2.22. The van der Waals surface area contributed by atoms with Crippen LogP contribution >= 0.6 is 0 Å². The van der Waals surface area contributed by atoms with Gasteiger partial charge < -0.3 is 15.3 Å². The molecule has 0 atom stereocenters. The lowest BCUT2D eigenvalue weighted by Crippen LogP contribution is -2.39. The summed E-state index contributed by atoms with van der Waals surface area (Å²) in [4.78, 5) is 20.1. The molecule has 1 radical (unpaired) electrons. The molecule has 0 aromatic heterocycles. The largest absolute Gasteiger partial charge is 0.324 e. The number of nitrogens with two attached hydrogens (primary N) is 1. The molecule has 2 N–H and O–H groups in total. The maximum Gasteiger partial charge on any atom is 0.121 e. The van der Waals surface area contributed by atoms with Crippen LogP contribution in [0, 0.1) is 6.92 Å². The SMILES string of the molecule is [CH2]CC(N)(CC=O)CC=O. The summed E-state index contributed by atoms with van der Waals surface area (Å²) in [5.41, 5.74) is 4.89. The molecule has 0 saturated carbocycles. The van der Waals surface area contributed by atoms with Gasteiger partial charge in [-0.05, 0) is 6.42 Å². The highest BCUT2D eigenvalue weighted by atomic mass is 16.1. The first-order chi connectivity index (χ1) is 4.68. The Kier molecular flexibility index (Phi) is 3.88. The molecule has 57 valence electrons. The van der Waals surface area contributed by atoms with E-state index in [0.29, 0.717) is 19.0 Å². The highest BCUT2D eigenvalue weighted by Crippen LogP contribution is 2.12. The lowest BCUT2D eigenvalue weighted by molar-refractivity contribution is -0.110. The molecular weight excluding hydrogens is 130 g/mol. The van der Waals surface area contributed by atoms with Crippen LogP contribution < -0.4 is 5.73 Å². The number of aldehydes is 2. The Hall–Kier alpha value is -0.700. The molecule has 0 aromatic rings. The third-order valence-electron chi connectivity index (χ3n) is 1.48. The Balaban J connectivity index is 3.92. The van der Waals surface area contributed by atoms with Crippen LogP contribution in [0.25, 0.3) is 0 Å². The minimum Gasteiger partial charge on any atom is -0.324 e. The van der Waals surface area contributed by atoms with Crippen LogP contribution in [0.1, 0.15) is 19.3 Å². The maximum atomic E-state index is 10.0. The molecule has 0 unspecified atom stereocenters. The summed E-state index contributed by atoms with van der Waals surface area (Å²) in [6.45, 7) is 3.55. The van der Waals surface area contributed by atoms with Gasteiger partial charge in [-0.3, -0.25) is 0 Å². The summed E-state index contributed by atoms with van der Waals surface area (Å²) >= 11 is 0. The monoisotopic (exact) mass is 142 g/mol. The standard InChI is InChI=1S/C7H12NO2/c1-2-7(8,3-5-9)4-6-10/h5-6H,1-4,8H2. The van der Waals surface area contributed by atoms with Gasteiger partial charge in [0.05, 0.1) is 0 Å². The van der Waals surface area contributed by atoms with E-state index < -0.39 is 5.54 Å². The number of carbonyl (C=O) groups excluding carboxylic acids is 2. The Labute approximate surface area is 60.6 Å². The summed E-state index contributed by atoms with van der Waals surface area (Å²) in [7, 11) is 0. The van der Waals surface area contributed by atoms with Crippen LogP contribution in [0.15, 0.2) is 0 Å². The van der Waals surface area contributed by atoms with Gasteiger partial charge in [0.15, 0.2) is 0 Å². The van der Waals surface area contributed by atoms with Crippen molar-refractivity contribution in [2.45, 2.75) is 24.8 Å². The van der Waals surface area contributed by atoms with Crippen molar-refractivity contribution < 1.29 is 9.59 Å². The van der Waals surface area contributed by atoms with Crippen LogP contribution in [-0.2, 0) is 9.59 Å². The number of carbonyl (C=O) groups is 2. The van der Waals surface area contributed by atoms with E-state index in [1.807, 2.05) is 0 Å². The first-order valence-electron chi connectivity index (χ1n) is 3.14. The van der Waals surface area contributed by atoms with E-state index in [1.54, 1.807) is 0 Å². The van der Waals surface area contributed by atoms with Gasteiger partial charge in [0.1, 0.15) is 12.6 Å². The van der Waals surface area contributed by atoms with Crippen LogP contribution in [0.3, 0.4) is 0 Å². The molecule has 0 aromatic carbocycles. The van der Waals surface area contributed by atoms with Gasteiger partial charge in [-0.25, -0.2) is 0 Å². The number of hydrogen-bond donors (Lipinski definition) is 1. The van der Waals surface area contributed by atoms with Crippen molar-refractivity contribution in [2.24, 2.45) is 5.73 Å². The van der Waals surface area contributed by atoms with E-state index in [4.69, 9.17) is 5.73 Å². The predicted molar refractivity (Wildman–Crippen MR) is 38.3 cm³/mol. The van der Waals surface area contributed by atoms with Crippen molar-refractivity contribution in [3.05, 3.63) is 6.92 Å². The molecule has 0 aliphatic rings. The second-order valence-electron chi connectivity index (χ2n) is 2.35. The fourth-order valence-electron chi connectivity index (χ4n) is 0.619. The molecule has 0 saturated heterocycles. The van der Waals surface area contributed by atoms with Crippen LogP contribution in [-0.4, -0.2) is 18.1 Å². The fraction of sp³-hybridized carbons (Fsp3) is 0.571. The Bertz CT molecular complexity index is 113. The molecule has 0 fully saturated rings. The van der Waals surface area contributed by atoms with Crippen molar-refractivity contribution in [2.75, 3.05) is 0 Å². The third-order valence-corrected chi connectivity index (χ3v) is 1.48. The molecule has 3 nitrogen and oxygen atoms in total. The molecule has 0 bridgehead atoms. The zero-order chi connectivity index (χ0) is 8.04. The molecule has 0 rings (SSSR count). The minimum absolute atomic E-state index is 0.204. The second kappa shape index (κ2) is 4.17. The van der Waals surface area contributed by atoms with E-state index in [0.717, 1.165) is 0 Å². The predicted octanol–water partition coefficient (Wildman–Crippen LogP) is 0.0861. The van der Waals surface area contributed by atoms with Gasteiger partial charge in [-0.2, -0.15) is 0 Å². The van der Waals surface area contributed by atoms with Gasteiger partial charge in [-0.1, -0.05) is 6.92 Å². The van der Waals surface area contributed by atoms with Gasteiger partial charge in [0, 0.05) is 18.4 Å². The highest BCUT2D eigenvalue weighted by molar-refractivity contribution is 5.57. The first kappa shape index (κ1) is 9.30. The second-order valence-corrected chi connectivity index (χ2v) is 2.35. The summed E-state index contributed by atoms with van der Waals surface area (Å²) in [5, 5.41) is 0. The van der Waals surface area contributed by atoms with Crippen molar-refractivity contribution in [1.82, 2.24) is 0 Å². The van der Waals surface area contributed by atoms with E-state index in [9.17, 15) is 9.59 Å². The molecule has 0 spiro atoms. The molecule has 0 amide bonds. The molecule has 0 aliphatic heterocycles. The summed E-state index contributed by atoms with van der Waals surface area (Å²) in [6, 6.07) is 0.